The van der Waals surface area contributed by atoms with Crippen molar-refractivity contribution < 1.29 is 8.42 Å². The maximum absolute atomic E-state index is 12.2. The molecule has 4 nitrogen and oxygen atoms in total. The predicted molar refractivity (Wildman–Crippen MR) is 96.2 cm³/mol. The highest BCUT2D eigenvalue weighted by Crippen LogP contribution is 2.20. The van der Waals surface area contributed by atoms with Gasteiger partial charge in [-0.3, -0.25) is 0 Å². The van der Waals surface area contributed by atoms with Crippen molar-refractivity contribution in [2.75, 3.05) is 0 Å². The van der Waals surface area contributed by atoms with Crippen LogP contribution in [0.1, 0.15) is 5.56 Å². The van der Waals surface area contributed by atoms with Crippen molar-refractivity contribution in [3.8, 4) is 11.1 Å². The number of rotatable bonds is 5. The molecule has 0 amide bonds. The van der Waals surface area contributed by atoms with Gasteiger partial charge >= 0.3 is 0 Å². The van der Waals surface area contributed by atoms with Gasteiger partial charge < -0.3 is 0 Å². The van der Waals surface area contributed by atoms with Crippen LogP contribution in [0.5, 0.6) is 0 Å². The number of nitrogens with one attached hydrogen (secondary N) is 1. The molecule has 0 aromatic heterocycles. The minimum absolute atomic E-state index is 0.174. The maximum Gasteiger partial charge on any atom is 0.276 e. The van der Waals surface area contributed by atoms with Crippen LogP contribution in [-0.4, -0.2) is 14.6 Å². The van der Waals surface area contributed by atoms with E-state index in [1.165, 1.54) is 6.21 Å². The number of hydrogen-bond acceptors (Lipinski definition) is 3. The van der Waals surface area contributed by atoms with E-state index in [2.05, 4.69) is 9.93 Å². The minimum atomic E-state index is -3.68. The highest BCUT2D eigenvalue weighted by Gasteiger charge is 2.12. The van der Waals surface area contributed by atoms with Crippen molar-refractivity contribution in [1.29, 1.82) is 0 Å². The number of benzene rings is 3. The Morgan fingerprint density at radius 2 is 1.25 bits per heavy atom. The number of hydrogen-bond donors (Lipinski definition) is 1. The van der Waals surface area contributed by atoms with Gasteiger partial charge in [0.2, 0.25) is 0 Å². The number of hydrazone groups is 1. The fraction of sp³-hybridized carbons (Fsp3) is 0. The molecule has 0 fully saturated rings. The second kappa shape index (κ2) is 7.10. The third-order valence-electron chi connectivity index (χ3n) is 3.46. The van der Waals surface area contributed by atoms with E-state index in [0.717, 1.165) is 16.7 Å². The molecule has 1 N–H and O–H groups in total. The largest absolute Gasteiger partial charge is 0.276 e. The Morgan fingerprint density at radius 1 is 0.708 bits per heavy atom. The summed E-state index contributed by atoms with van der Waals surface area (Å²) in [6.45, 7) is 0. The molecule has 0 saturated heterocycles. The minimum Gasteiger partial charge on any atom is -0.200 e. The van der Waals surface area contributed by atoms with Gasteiger partial charge in [-0.1, -0.05) is 72.8 Å². The summed E-state index contributed by atoms with van der Waals surface area (Å²) in [5, 5.41) is 3.81. The Kier molecular flexibility index (Phi) is 4.72. The molecular weight excluding hydrogens is 320 g/mol. The second-order valence-electron chi connectivity index (χ2n) is 5.15. The summed E-state index contributed by atoms with van der Waals surface area (Å²) >= 11 is 0. The van der Waals surface area contributed by atoms with Crippen LogP contribution in [-0.2, 0) is 10.0 Å². The molecule has 0 aliphatic carbocycles. The van der Waals surface area contributed by atoms with Crippen LogP contribution < -0.4 is 4.83 Å². The monoisotopic (exact) mass is 336 g/mol. The first-order valence-corrected chi connectivity index (χ1v) is 8.89. The summed E-state index contributed by atoms with van der Waals surface area (Å²) in [5.74, 6) is 0. The first kappa shape index (κ1) is 16.0. The molecule has 3 aromatic carbocycles. The highest BCUT2D eigenvalue weighted by atomic mass is 32.2. The predicted octanol–water partition coefficient (Wildman–Crippen LogP) is 3.67. The second-order valence-corrected chi connectivity index (χ2v) is 6.81. The van der Waals surface area contributed by atoms with Crippen molar-refractivity contribution in [2.24, 2.45) is 5.10 Å². The first-order valence-electron chi connectivity index (χ1n) is 7.40. The van der Waals surface area contributed by atoms with Crippen molar-refractivity contribution in [1.82, 2.24) is 4.83 Å². The summed E-state index contributed by atoms with van der Waals surface area (Å²) in [5.41, 5.74) is 2.82. The smallest absolute Gasteiger partial charge is 0.200 e. The van der Waals surface area contributed by atoms with E-state index in [9.17, 15) is 8.42 Å². The zero-order valence-corrected chi connectivity index (χ0v) is 13.6. The molecule has 0 unspecified atom stereocenters. The third-order valence-corrected chi connectivity index (χ3v) is 4.70. The van der Waals surface area contributed by atoms with Gasteiger partial charge in [-0.25, -0.2) is 4.83 Å². The summed E-state index contributed by atoms with van der Waals surface area (Å²) in [4.78, 5) is 2.40. The highest BCUT2D eigenvalue weighted by molar-refractivity contribution is 7.89. The van der Waals surface area contributed by atoms with E-state index < -0.39 is 10.0 Å². The Labute approximate surface area is 141 Å². The van der Waals surface area contributed by atoms with Crippen LogP contribution in [0.2, 0.25) is 0 Å². The zero-order chi connectivity index (χ0) is 16.8. The fourth-order valence-corrected chi connectivity index (χ4v) is 3.01. The van der Waals surface area contributed by atoms with Crippen molar-refractivity contribution >= 4 is 16.2 Å². The SMILES string of the molecule is O=S(=O)(N/N=C\c1ccccc1)c1ccc(-c2ccccc2)cc1. The number of sulfonamides is 1. The van der Waals surface area contributed by atoms with Gasteiger partial charge in [0.25, 0.3) is 10.0 Å². The van der Waals surface area contributed by atoms with Crippen LogP contribution >= 0.6 is 0 Å². The van der Waals surface area contributed by atoms with Crippen molar-refractivity contribution in [3.05, 3.63) is 90.5 Å². The Morgan fingerprint density at radius 3 is 1.88 bits per heavy atom. The zero-order valence-electron chi connectivity index (χ0n) is 12.8. The summed E-state index contributed by atoms with van der Waals surface area (Å²) in [6, 6.07) is 25.8. The lowest BCUT2D eigenvalue weighted by molar-refractivity contribution is 0.584. The number of nitrogens with zero attached hydrogens (tertiary/aromatic N) is 1. The Balaban J connectivity index is 1.74. The maximum atomic E-state index is 12.2. The topological polar surface area (TPSA) is 58.5 Å². The van der Waals surface area contributed by atoms with E-state index in [4.69, 9.17) is 0 Å². The molecule has 0 radical (unpaired) electrons. The molecule has 0 heterocycles. The molecule has 0 aliphatic heterocycles. The van der Waals surface area contributed by atoms with Gasteiger partial charge in [0.1, 0.15) is 0 Å². The van der Waals surface area contributed by atoms with Crippen LogP contribution in [0.15, 0.2) is 94.9 Å². The third kappa shape index (κ3) is 3.88. The molecule has 0 aliphatic rings. The van der Waals surface area contributed by atoms with Crippen LogP contribution in [0, 0.1) is 0 Å². The molecule has 3 rings (SSSR count). The molecule has 5 heteroatoms. The van der Waals surface area contributed by atoms with Gasteiger partial charge in [-0.05, 0) is 28.8 Å². The molecule has 3 aromatic rings. The lowest BCUT2D eigenvalue weighted by atomic mass is 10.1. The van der Waals surface area contributed by atoms with Crippen LogP contribution in [0.4, 0.5) is 0 Å². The standard InChI is InChI=1S/C19H16N2O2S/c22-24(23,21-20-15-16-7-3-1-4-8-16)19-13-11-18(12-14-19)17-9-5-2-6-10-17/h1-15,21H/b20-15-. The van der Waals surface area contributed by atoms with Crippen LogP contribution in [0.3, 0.4) is 0 Å². The average molecular weight is 336 g/mol. The Bertz CT molecular complexity index is 920. The van der Waals surface area contributed by atoms with Gasteiger partial charge in [0, 0.05) is 0 Å². The van der Waals surface area contributed by atoms with Gasteiger partial charge in [0.05, 0.1) is 11.1 Å². The molecule has 0 atom stereocenters. The summed E-state index contributed by atoms with van der Waals surface area (Å²) in [6.07, 6.45) is 1.47. The quantitative estimate of drug-likeness (QED) is 0.571. The normalized spacial score (nSPS) is 11.5. The lowest BCUT2D eigenvalue weighted by Gasteiger charge is -2.05. The molecule has 24 heavy (non-hydrogen) atoms. The van der Waals surface area contributed by atoms with Crippen LogP contribution in [0.25, 0.3) is 11.1 Å². The van der Waals surface area contributed by atoms with Crippen molar-refractivity contribution in [3.63, 3.8) is 0 Å². The van der Waals surface area contributed by atoms with E-state index in [1.807, 2.05) is 60.7 Å². The average Bonchev–Trinajstić information content (AvgIpc) is 2.63. The molecule has 120 valence electrons. The summed E-state index contributed by atoms with van der Waals surface area (Å²) in [7, 11) is -3.68. The van der Waals surface area contributed by atoms with E-state index in [1.54, 1.807) is 24.3 Å². The van der Waals surface area contributed by atoms with Gasteiger partial charge in [-0.2, -0.15) is 13.5 Å². The Hall–Kier alpha value is -2.92. The van der Waals surface area contributed by atoms with Gasteiger partial charge in [-0.15, -0.1) is 0 Å². The van der Waals surface area contributed by atoms with E-state index >= 15 is 0 Å². The lowest BCUT2D eigenvalue weighted by Crippen LogP contribution is -2.18. The molecule has 0 bridgehead atoms. The molecular formula is C19H16N2O2S. The molecule has 0 spiro atoms. The fourth-order valence-electron chi connectivity index (χ4n) is 2.22. The van der Waals surface area contributed by atoms with Gasteiger partial charge in [0.15, 0.2) is 0 Å². The van der Waals surface area contributed by atoms with Crippen molar-refractivity contribution in [2.45, 2.75) is 4.90 Å². The van der Waals surface area contributed by atoms with E-state index in [0.29, 0.717) is 0 Å². The molecule has 0 saturated carbocycles. The first-order chi connectivity index (χ1) is 11.6. The summed E-state index contributed by atoms with van der Waals surface area (Å²) < 4.78 is 24.5. The van der Waals surface area contributed by atoms with E-state index in [-0.39, 0.29) is 4.90 Å².